The van der Waals surface area contributed by atoms with Gasteiger partial charge in [-0.25, -0.2) is 8.78 Å². The molecule has 0 saturated carbocycles. The Balaban J connectivity index is 3.17. The minimum atomic E-state index is -1.52. The molecule has 0 bridgehead atoms. The summed E-state index contributed by atoms with van der Waals surface area (Å²) in [5.41, 5.74) is -0.962. The lowest BCUT2D eigenvalue weighted by atomic mass is 10.0. The van der Waals surface area contributed by atoms with E-state index in [0.717, 1.165) is 0 Å². The largest absolute Gasteiger partial charge is 0.480 e. The predicted octanol–water partition coefficient (Wildman–Crippen LogP) is 3.01. The molecule has 0 aliphatic rings. The number of halogens is 4. The van der Waals surface area contributed by atoms with E-state index < -0.39 is 34.6 Å². The lowest BCUT2D eigenvalue weighted by molar-refractivity contribution is 0.0733. The van der Waals surface area contributed by atoms with Crippen LogP contribution in [0.5, 0.6) is 5.75 Å². The third-order valence-electron chi connectivity index (χ3n) is 2.72. The molecular formula is C12H15F4NO. The molecule has 6 heteroatoms. The third-order valence-corrected chi connectivity index (χ3v) is 2.72. The van der Waals surface area contributed by atoms with Crippen LogP contribution in [0, 0.1) is 23.3 Å². The molecule has 0 heterocycles. The van der Waals surface area contributed by atoms with Gasteiger partial charge >= 0.3 is 0 Å². The highest BCUT2D eigenvalue weighted by molar-refractivity contribution is 5.29. The average Bonchev–Trinajstić information content (AvgIpc) is 2.33. The Morgan fingerprint density at radius 3 is 2.06 bits per heavy atom. The van der Waals surface area contributed by atoms with Crippen LogP contribution in [-0.2, 0) is 0 Å². The fraction of sp³-hybridized carbons (Fsp3) is 0.500. The molecule has 102 valence electrons. The molecule has 1 aromatic rings. The second-order valence-electron chi connectivity index (χ2n) is 4.23. The van der Waals surface area contributed by atoms with Crippen LogP contribution in [0.25, 0.3) is 0 Å². The van der Waals surface area contributed by atoms with Crippen LogP contribution in [-0.4, -0.2) is 19.2 Å². The fourth-order valence-electron chi connectivity index (χ4n) is 1.49. The summed E-state index contributed by atoms with van der Waals surface area (Å²) in [5.74, 6) is -7.03. The highest BCUT2D eigenvalue weighted by Crippen LogP contribution is 2.30. The molecule has 1 atom stereocenters. The van der Waals surface area contributed by atoms with Crippen molar-refractivity contribution < 1.29 is 22.3 Å². The van der Waals surface area contributed by atoms with E-state index in [4.69, 9.17) is 4.74 Å². The molecule has 2 nitrogen and oxygen atoms in total. The van der Waals surface area contributed by atoms with Gasteiger partial charge in [0.1, 0.15) is 5.60 Å². The summed E-state index contributed by atoms with van der Waals surface area (Å²) in [5, 5.41) is 2.79. The molecule has 0 aliphatic heterocycles. The zero-order valence-electron chi connectivity index (χ0n) is 10.4. The van der Waals surface area contributed by atoms with E-state index in [-0.39, 0.29) is 12.6 Å². The van der Waals surface area contributed by atoms with Gasteiger partial charge in [0.2, 0.25) is 11.6 Å². The van der Waals surface area contributed by atoms with Crippen LogP contribution in [0.15, 0.2) is 6.07 Å². The Morgan fingerprint density at radius 2 is 1.67 bits per heavy atom. The van der Waals surface area contributed by atoms with Gasteiger partial charge in [-0.15, -0.1) is 0 Å². The summed E-state index contributed by atoms with van der Waals surface area (Å²) in [7, 11) is 1.64. The standard InChI is InChI=1S/C12H15F4NO/c1-4-12(2,6-17-3)18-11-9(15)7(13)5-8(14)10(11)16/h5,17H,4,6H2,1-3H3. The Bertz CT molecular complexity index is 412. The molecule has 0 amide bonds. The topological polar surface area (TPSA) is 21.3 Å². The fourth-order valence-corrected chi connectivity index (χ4v) is 1.49. The van der Waals surface area contributed by atoms with Crippen molar-refractivity contribution in [2.45, 2.75) is 25.9 Å². The summed E-state index contributed by atoms with van der Waals surface area (Å²) in [4.78, 5) is 0. The number of likely N-dealkylation sites (N-methyl/N-ethyl adjacent to an activating group) is 1. The zero-order chi connectivity index (χ0) is 13.9. The van der Waals surface area contributed by atoms with Gasteiger partial charge in [-0.05, 0) is 20.4 Å². The summed E-state index contributed by atoms with van der Waals surface area (Å²) in [6, 6.07) is 0.152. The zero-order valence-corrected chi connectivity index (χ0v) is 10.4. The summed E-state index contributed by atoms with van der Waals surface area (Å²) in [6.07, 6.45) is 0.408. The van der Waals surface area contributed by atoms with Crippen molar-refractivity contribution in [2.75, 3.05) is 13.6 Å². The summed E-state index contributed by atoms with van der Waals surface area (Å²) >= 11 is 0. The van der Waals surface area contributed by atoms with Crippen LogP contribution in [0.2, 0.25) is 0 Å². The van der Waals surface area contributed by atoms with Crippen molar-refractivity contribution >= 4 is 0 Å². The number of hydrogen-bond donors (Lipinski definition) is 1. The smallest absolute Gasteiger partial charge is 0.203 e. The first kappa shape index (κ1) is 14.8. The van der Waals surface area contributed by atoms with E-state index in [2.05, 4.69) is 5.32 Å². The molecule has 0 spiro atoms. The lowest BCUT2D eigenvalue weighted by Gasteiger charge is -2.29. The van der Waals surface area contributed by atoms with Gasteiger partial charge in [0.05, 0.1) is 0 Å². The number of hydrogen-bond acceptors (Lipinski definition) is 2. The highest BCUT2D eigenvalue weighted by Gasteiger charge is 2.29. The van der Waals surface area contributed by atoms with Gasteiger partial charge in [0.25, 0.3) is 0 Å². The average molecular weight is 265 g/mol. The van der Waals surface area contributed by atoms with Crippen LogP contribution < -0.4 is 10.1 Å². The maximum atomic E-state index is 13.4. The van der Waals surface area contributed by atoms with Crippen LogP contribution in [0.1, 0.15) is 20.3 Å². The molecule has 18 heavy (non-hydrogen) atoms. The molecule has 1 rings (SSSR count). The van der Waals surface area contributed by atoms with Gasteiger partial charge < -0.3 is 10.1 Å². The van der Waals surface area contributed by atoms with Crippen molar-refractivity contribution in [3.05, 3.63) is 29.3 Å². The van der Waals surface area contributed by atoms with Crippen LogP contribution in [0.4, 0.5) is 17.6 Å². The number of ether oxygens (including phenoxy) is 1. The Morgan fingerprint density at radius 1 is 1.17 bits per heavy atom. The Kier molecular flexibility index (Phi) is 4.56. The van der Waals surface area contributed by atoms with E-state index in [1.165, 1.54) is 0 Å². The summed E-state index contributed by atoms with van der Waals surface area (Å²) < 4.78 is 58.0. The normalized spacial score (nSPS) is 14.4. The van der Waals surface area contributed by atoms with Crippen molar-refractivity contribution in [3.8, 4) is 5.75 Å². The van der Waals surface area contributed by atoms with Crippen molar-refractivity contribution in [2.24, 2.45) is 0 Å². The molecular weight excluding hydrogens is 250 g/mol. The number of nitrogens with one attached hydrogen (secondary N) is 1. The molecule has 1 unspecified atom stereocenters. The highest BCUT2D eigenvalue weighted by atomic mass is 19.2. The lowest BCUT2D eigenvalue weighted by Crippen LogP contribution is -2.41. The molecule has 1 aromatic carbocycles. The van der Waals surface area contributed by atoms with E-state index in [0.29, 0.717) is 6.42 Å². The predicted molar refractivity (Wildman–Crippen MR) is 59.5 cm³/mol. The molecule has 0 radical (unpaired) electrons. The van der Waals surface area contributed by atoms with Crippen molar-refractivity contribution in [1.29, 1.82) is 0 Å². The van der Waals surface area contributed by atoms with Gasteiger partial charge in [-0.3, -0.25) is 0 Å². The van der Waals surface area contributed by atoms with Gasteiger partial charge in [0.15, 0.2) is 17.4 Å². The molecule has 0 fully saturated rings. The number of rotatable bonds is 5. The summed E-state index contributed by atoms with van der Waals surface area (Å²) in [6.45, 7) is 3.61. The third kappa shape index (κ3) is 2.93. The van der Waals surface area contributed by atoms with Gasteiger partial charge in [-0.2, -0.15) is 8.78 Å². The minimum Gasteiger partial charge on any atom is -0.480 e. The second-order valence-corrected chi connectivity index (χ2v) is 4.23. The van der Waals surface area contributed by atoms with Crippen molar-refractivity contribution in [3.63, 3.8) is 0 Å². The van der Waals surface area contributed by atoms with Crippen LogP contribution >= 0.6 is 0 Å². The molecule has 0 aromatic heterocycles. The molecule has 1 N–H and O–H groups in total. The first-order valence-electron chi connectivity index (χ1n) is 5.51. The van der Waals surface area contributed by atoms with Crippen LogP contribution in [0.3, 0.4) is 0 Å². The molecule has 0 aliphatic carbocycles. The molecule has 0 saturated heterocycles. The first-order valence-corrected chi connectivity index (χ1v) is 5.51. The maximum absolute atomic E-state index is 13.4. The van der Waals surface area contributed by atoms with Gasteiger partial charge in [0, 0.05) is 12.6 Å². The Labute approximate surface area is 103 Å². The number of benzene rings is 1. The van der Waals surface area contributed by atoms with E-state index >= 15 is 0 Å². The van der Waals surface area contributed by atoms with Gasteiger partial charge in [-0.1, -0.05) is 6.92 Å². The van der Waals surface area contributed by atoms with E-state index in [1.807, 2.05) is 0 Å². The van der Waals surface area contributed by atoms with E-state index in [1.54, 1.807) is 20.9 Å². The van der Waals surface area contributed by atoms with Crippen molar-refractivity contribution in [1.82, 2.24) is 5.32 Å². The SMILES string of the molecule is CCC(C)(CNC)Oc1c(F)c(F)cc(F)c1F. The Hall–Kier alpha value is -1.30. The quantitative estimate of drug-likeness (QED) is 0.652. The van der Waals surface area contributed by atoms with E-state index in [9.17, 15) is 17.6 Å². The first-order chi connectivity index (χ1) is 8.34. The maximum Gasteiger partial charge on any atom is 0.203 e. The minimum absolute atomic E-state index is 0.152. The second kappa shape index (κ2) is 5.56. The monoisotopic (exact) mass is 265 g/mol.